The fourth-order valence-corrected chi connectivity index (χ4v) is 1.77. The molecule has 0 aromatic heterocycles. The second kappa shape index (κ2) is 8.51. The maximum Gasteiger partial charge on any atom is 0.330 e. The van der Waals surface area contributed by atoms with Crippen molar-refractivity contribution in [2.24, 2.45) is 5.92 Å². The molecule has 0 saturated heterocycles. The molecule has 0 rings (SSSR count). The van der Waals surface area contributed by atoms with Crippen LogP contribution in [-0.2, 0) is 4.79 Å². The van der Waals surface area contributed by atoms with Gasteiger partial charge in [-0.15, -0.1) is 0 Å². The number of hydrogen-bond acceptors (Lipinski definition) is 1. The van der Waals surface area contributed by atoms with Gasteiger partial charge in [0.05, 0.1) is 0 Å². The maximum atomic E-state index is 10.5. The summed E-state index contributed by atoms with van der Waals surface area (Å²) in [5.41, 5.74) is 0.471. The highest BCUT2D eigenvalue weighted by molar-refractivity contribution is 5.85. The predicted molar refractivity (Wildman–Crippen MR) is 63.9 cm³/mol. The average molecular weight is 212 g/mol. The van der Waals surface area contributed by atoms with E-state index < -0.39 is 5.97 Å². The van der Waals surface area contributed by atoms with Gasteiger partial charge in [-0.05, 0) is 25.7 Å². The van der Waals surface area contributed by atoms with Gasteiger partial charge in [0, 0.05) is 5.57 Å². The molecule has 88 valence electrons. The molecule has 1 unspecified atom stereocenters. The Balaban J connectivity index is 3.68. The van der Waals surface area contributed by atoms with Crippen molar-refractivity contribution in [3.05, 3.63) is 11.6 Å². The third-order valence-corrected chi connectivity index (χ3v) is 2.88. The van der Waals surface area contributed by atoms with E-state index >= 15 is 0 Å². The summed E-state index contributed by atoms with van der Waals surface area (Å²) in [6.45, 7) is 6.11. The van der Waals surface area contributed by atoms with Crippen molar-refractivity contribution in [2.75, 3.05) is 0 Å². The van der Waals surface area contributed by atoms with Gasteiger partial charge in [-0.1, -0.05) is 45.6 Å². The first-order chi connectivity index (χ1) is 7.11. The van der Waals surface area contributed by atoms with Crippen LogP contribution in [0.15, 0.2) is 11.6 Å². The third kappa shape index (κ3) is 7.18. The van der Waals surface area contributed by atoms with E-state index in [0.29, 0.717) is 5.57 Å². The van der Waals surface area contributed by atoms with Crippen LogP contribution in [0.25, 0.3) is 0 Å². The van der Waals surface area contributed by atoms with E-state index in [2.05, 4.69) is 13.8 Å². The molecule has 0 spiro atoms. The van der Waals surface area contributed by atoms with Gasteiger partial charge in [-0.25, -0.2) is 4.79 Å². The molecule has 0 aliphatic rings. The Morgan fingerprint density at radius 1 is 1.33 bits per heavy atom. The first-order valence-corrected chi connectivity index (χ1v) is 6.01. The molecule has 0 aromatic carbocycles. The lowest BCUT2D eigenvalue weighted by Gasteiger charge is -2.12. The number of carboxylic acids is 1. The van der Waals surface area contributed by atoms with E-state index in [4.69, 9.17) is 5.11 Å². The van der Waals surface area contributed by atoms with Crippen LogP contribution in [0.5, 0.6) is 0 Å². The largest absolute Gasteiger partial charge is 0.478 e. The van der Waals surface area contributed by atoms with Crippen LogP contribution in [0.2, 0.25) is 0 Å². The van der Waals surface area contributed by atoms with Crippen molar-refractivity contribution in [1.82, 2.24) is 0 Å². The van der Waals surface area contributed by atoms with Gasteiger partial charge in [-0.2, -0.15) is 0 Å². The molecule has 2 heteroatoms. The van der Waals surface area contributed by atoms with Gasteiger partial charge in [0.2, 0.25) is 0 Å². The highest BCUT2D eigenvalue weighted by Gasteiger charge is 2.04. The molecule has 0 bridgehead atoms. The number of hydrogen-bond donors (Lipinski definition) is 1. The van der Waals surface area contributed by atoms with Crippen molar-refractivity contribution in [3.63, 3.8) is 0 Å². The van der Waals surface area contributed by atoms with Gasteiger partial charge in [0.1, 0.15) is 0 Å². The van der Waals surface area contributed by atoms with Crippen molar-refractivity contribution >= 4 is 5.97 Å². The molecule has 1 atom stereocenters. The van der Waals surface area contributed by atoms with Crippen LogP contribution < -0.4 is 0 Å². The van der Waals surface area contributed by atoms with Crippen LogP contribution in [0.1, 0.15) is 59.3 Å². The molecule has 15 heavy (non-hydrogen) atoms. The molecule has 2 nitrogen and oxygen atoms in total. The quantitative estimate of drug-likeness (QED) is 0.487. The summed E-state index contributed by atoms with van der Waals surface area (Å²) < 4.78 is 0. The number of aliphatic carboxylic acids is 1. The molecule has 0 aromatic rings. The summed E-state index contributed by atoms with van der Waals surface area (Å²) in [7, 11) is 0. The minimum Gasteiger partial charge on any atom is -0.478 e. The fourth-order valence-electron chi connectivity index (χ4n) is 1.77. The zero-order chi connectivity index (χ0) is 11.7. The summed E-state index contributed by atoms with van der Waals surface area (Å²) in [4.78, 5) is 10.5. The zero-order valence-electron chi connectivity index (χ0n) is 10.3. The molecule has 0 saturated carbocycles. The van der Waals surface area contributed by atoms with E-state index in [-0.39, 0.29) is 0 Å². The zero-order valence-corrected chi connectivity index (χ0v) is 10.3. The number of unbranched alkanes of at least 4 members (excludes halogenated alkanes) is 1. The standard InChI is InChI=1S/C13H24O2/c1-4-8-12(5-2)10-7-6-9-11(3)13(14)15/h9,12H,4-8,10H2,1-3H3,(H,14,15). The van der Waals surface area contributed by atoms with Crippen molar-refractivity contribution in [2.45, 2.75) is 59.3 Å². The topological polar surface area (TPSA) is 37.3 Å². The fraction of sp³-hybridized carbons (Fsp3) is 0.769. The smallest absolute Gasteiger partial charge is 0.330 e. The van der Waals surface area contributed by atoms with E-state index in [1.807, 2.05) is 6.08 Å². The molecular weight excluding hydrogens is 188 g/mol. The number of allylic oxidation sites excluding steroid dienone is 1. The Morgan fingerprint density at radius 2 is 2.00 bits per heavy atom. The second-order valence-electron chi connectivity index (χ2n) is 4.19. The van der Waals surface area contributed by atoms with E-state index in [9.17, 15) is 4.79 Å². The summed E-state index contributed by atoms with van der Waals surface area (Å²) in [6.07, 6.45) is 8.88. The summed E-state index contributed by atoms with van der Waals surface area (Å²) in [6, 6.07) is 0. The molecule has 0 aliphatic heterocycles. The van der Waals surface area contributed by atoms with E-state index in [0.717, 1.165) is 18.8 Å². The first kappa shape index (κ1) is 14.2. The highest BCUT2D eigenvalue weighted by Crippen LogP contribution is 2.18. The first-order valence-electron chi connectivity index (χ1n) is 6.01. The lowest BCUT2D eigenvalue weighted by Crippen LogP contribution is -1.98. The maximum absolute atomic E-state index is 10.5. The van der Waals surface area contributed by atoms with E-state index in [1.54, 1.807) is 6.92 Å². The monoisotopic (exact) mass is 212 g/mol. The lowest BCUT2D eigenvalue weighted by atomic mass is 9.94. The summed E-state index contributed by atoms with van der Waals surface area (Å²) >= 11 is 0. The Kier molecular flexibility index (Phi) is 8.06. The molecule has 0 aliphatic carbocycles. The molecule has 0 amide bonds. The number of carbonyl (C=O) groups is 1. The van der Waals surface area contributed by atoms with Gasteiger partial charge in [0.25, 0.3) is 0 Å². The third-order valence-electron chi connectivity index (χ3n) is 2.88. The molecule has 1 N–H and O–H groups in total. The van der Waals surface area contributed by atoms with Crippen LogP contribution >= 0.6 is 0 Å². The summed E-state index contributed by atoms with van der Waals surface area (Å²) in [5.74, 6) is 0.0316. The van der Waals surface area contributed by atoms with Gasteiger partial charge >= 0.3 is 5.97 Å². The van der Waals surface area contributed by atoms with Gasteiger partial charge in [-0.3, -0.25) is 0 Å². The summed E-state index contributed by atoms with van der Waals surface area (Å²) in [5, 5.41) is 8.65. The highest BCUT2D eigenvalue weighted by atomic mass is 16.4. The normalized spacial score (nSPS) is 13.9. The lowest BCUT2D eigenvalue weighted by molar-refractivity contribution is -0.132. The van der Waals surface area contributed by atoms with Crippen LogP contribution in [-0.4, -0.2) is 11.1 Å². The molecule has 0 heterocycles. The SMILES string of the molecule is CCCC(CC)CCCC=C(C)C(=O)O. The Hall–Kier alpha value is -0.790. The average Bonchev–Trinajstić information content (AvgIpc) is 2.22. The van der Waals surface area contributed by atoms with E-state index in [1.165, 1.54) is 25.7 Å². The van der Waals surface area contributed by atoms with Crippen molar-refractivity contribution in [1.29, 1.82) is 0 Å². The van der Waals surface area contributed by atoms with Gasteiger partial charge in [0.15, 0.2) is 0 Å². The Morgan fingerprint density at radius 3 is 2.47 bits per heavy atom. The van der Waals surface area contributed by atoms with Crippen molar-refractivity contribution < 1.29 is 9.90 Å². The Bertz CT molecular complexity index is 207. The van der Waals surface area contributed by atoms with Crippen molar-refractivity contribution in [3.8, 4) is 0 Å². The molecule has 0 fully saturated rings. The number of rotatable bonds is 8. The minimum atomic E-state index is -0.796. The Labute approximate surface area is 93.4 Å². The molecule has 0 radical (unpaired) electrons. The predicted octanol–water partition coefficient (Wildman–Crippen LogP) is 4.01. The molecular formula is C13H24O2. The van der Waals surface area contributed by atoms with Crippen LogP contribution in [0.3, 0.4) is 0 Å². The van der Waals surface area contributed by atoms with Crippen LogP contribution in [0.4, 0.5) is 0 Å². The van der Waals surface area contributed by atoms with Gasteiger partial charge < -0.3 is 5.11 Å². The second-order valence-corrected chi connectivity index (χ2v) is 4.19. The minimum absolute atomic E-state index is 0.471. The van der Waals surface area contributed by atoms with Crippen LogP contribution in [0, 0.1) is 5.92 Å². The number of carboxylic acid groups (broad SMARTS) is 1.